The van der Waals surface area contributed by atoms with Crippen LogP contribution in [0.4, 0.5) is 4.39 Å². The molecule has 0 aromatic heterocycles. The van der Waals surface area contributed by atoms with Crippen molar-refractivity contribution in [1.29, 1.82) is 5.26 Å². The maximum atomic E-state index is 15.2. The van der Waals surface area contributed by atoms with Gasteiger partial charge in [-0.3, -0.25) is 4.79 Å². The van der Waals surface area contributed by atoms with Gasteiger partial charge in [-0.2, -0.15) is 5.26 Å². The van der Waals surface area contributed by atoms with Gasteiger partial charge >= 0.3 is 0 Å². The summed E-state index contributed by atoms with van der Waals surface area (Å²) >= 11 is 0. The predicted octanol–water partition coefficient (Wildman–Crippen LogP) is 2.91. The lowest BCUT2D eigenvalue weighted by Gasteiger charge is -2.59. The number of hydrogen-bond acceptors (Lipinski definition) is 6. The second-order valence-electron chi connectivity index (χ2n) is 10.2. The Bertz CT molecular complexity index is 827. The zero-order valence-electron chi connectivity index (χ0n) is 18.0. The Morgan fingerprint density at radius 1 is 1.16 bits per heavy atom. The summed E-state index contributed by atoms with van der Waals surface area (Å²) in [6.45, 7) is 2.28. The highest BCUT2D eigenvalue weighted by Crippen LogP contribution is 2.52. The molecule has 6 nitrogen and oxygen atoms in total. The van der Waals surface area contributed by atoms with Crippen molar-refractivity contribution < 1.29 is 23.4 Å². The molecule has 11 unspecified atom stereocenters. The summed E-state index contributed by atoms with van der Waals surface area (Å²) < 4.78 is 34.2. The highest BCUT2D eigenvalue weighted by atomic mass is 19.1. The van der Waals surface area contributed by atoms with E-state index in [4.69, 9.17) is 14.2 Å². The molecule has 7 heteroatoms. The molecule has 31 heavy (non-hydrogen) atoms. The molecule has 0 radical (unpaired) electrons. The number of alkyl halides is 1. The number of Topliss-reactive ketones (excluding diaryl/α,β-unsaturated/α-hetero) is 1. The molecule has 3 heterocycles. The molecule has 0 aromatic carbocycles. The van der Waals surface area contributed by atoms with Gasteiger partial charge in [0.25, 0.3) is 0 Å². The molecular weight excluding hydrogens is 399 g/mol. The molecule has 0 spiro atoms. The molecule has 0 bridgehead atoms. The standard InChI is InChI=1S/C24H31FN2O4/c1-2-29-23-16(25)7-15-21-24(23)31-20-8-14-13-5-3-4-6-18(13)30-19(14)9-17(20)27(21)11-12(10-26)22(15)28/h11,13-21,23-24H,2-9H2,1H3. The third kappa shape index (κ3) is 2.94. The molecule has 0 N–H and O–H groups in total. The topological polar surface area (TPSA) is 71.8 Å². The summed E-state index contributed by atoms with van der Waals surface area (Å²) in [5.74, 6) is 0.289. The Kier molecular flexibility index (Phi) is 4.90. The van der Waals surface area contributed by atoms with E-state index in [0.717, 1.165) is 19.3 Å². The quantitative estimate of drug-likeness (QED) is 0.671. The third-order valence-electron chi connectivity index (χ3n) is 8.87. The van der Waals surface area contributed by atoms with Gasteiger partial charge in [0.1, 0.15) is 30.0 Å². The van der Waals surface area contributed by atoms with Crippen LogP contribution in [0.5, 0.6) is 0 Å². The summed E-state index contributed by atoms with van der Waals surface area (Å²) in [5, 5.41) is 9.60. The van der Waals surface area contributed by atoms with Crippen molar-refractivity contribution in [3.8, 4) is 6.07 Å². The zero-order chi connectivity index (χ0) is 21.3. The fourth-order valence-corrected chi connectivity index (χ4v) is 7.65. The molecule has 11 atom stereocenters. The average Bonchev–Trinajstić information content (AvgIpc) is 3.14. The van der Waals surface area contributed by atoms with Crippen LogP contribution >= 0.6 is 0 Å². The predicted molar refractivity (Wildman–Crippen MR) is 109 cm³/mol. The highest BCUT2D eigenvalue weighted by molar-refractivity contribution is 6.02. The molecule has 5 fully saturated rings. The summed E-state index contributed by atoms with van der Waals surface area (Å²) in [4.78, 5) is 15.1. The number of ether oxygens (including phenoxy) is 3. The minimum Gasteiger partial charge on any atom is -0.374 e. The molecule has 0 amide bonds. The molecule has 0 aromatic rings. The van der Waals surface area contributed by atoms with E-state index in [1.807, 2.05) is 6.92 Å². The number of rotatable bonds is 2. The Morgan fingerprint density at radius 2 is 2.00 bits per heavy atom. The number of ketones is 1. The van der Waals surface area contributed by atoms with Crippen LogP contribution in [0.15, 0.2) is 11.8 Å². The van der Waals surface area contributed by atoms with Gasteiger partial charge in [0.15, 0.2) is 5.78 Å². The number of morpholine rings is 1. The molecule has 168 valence electrons. The largest absolute Gasteiger partial charge is 0.374 e. The number of fused-ring (bicyclic) bond motifs is 5. The maximum Gasteiger partial charge on any atom is 0.180 e. The normalized spacial score (nSPS) is 50.5. The van der Waals surface area contributed by atoms with Crippen LogP contribution in [-0.4, -0.2) is 66.1 Å². The van der Waals surface area contributed by atoms with Crippen LogP contribution in [0.1, 0.15) is 51.9 Å². The number of carbonyl (C=O) groups is 1. The molecule has 6 rings (SSSR count). The number of hydrogen-bond donors (Lipinski definition) is 0. The fraction of sp³-hybridized carbons (Fsp3) is 0.833. The lowest BCUT2D eigenvalue weighted by atomic mass is 9.67. The molecule has 3 aliphatic heterocycles. The van der Waals surface area contributed by atoms with E-state index in [1.54, 1.807) is 6.20 Å². The first-order chi connectivity index (χ1) is 15.1. The molecule has 6 aliphatic rings. The van der Waals surface area contributed by atoms with Crippen molar-refractivity contribution in [3.05, 3.63) is 11.8 Å². The van der Waals surface area contributed by atoms with Crippen LogP contribution in [0.3, 0.4) is 0 Å². The Balaban J connectivity index is 1.36. The van der Waals surface area contributed by atoms with Crippen molar-refractivity contribution in [2.24, 2.45) is 17.8 Å². The number of nitrogens with zero attached hydrogens (tertiary/aromatic N) is 2. The monoisotopic (exact) mass is 430 g/mol. The van der Waals surface area contributed by atoms with E-state index in [9.17, 15) is 10.1 Å². The number of halogens is 1. The SMILES string of the molecule is CCOC1C(F)CC2C(=O)C(C#N)=CN3C4CC5OC6CCCCC6C5CC4OC1C23. The van der Waals surface area contributed by atoms with Crippen molar-refractivity contribution in [2.45, 2.75) is 101 Å². The first-order valence-electron chi connectivity index (χ1n) is 12.1. The van der Waals surface area contributed by atoms with E-state index >= 15 is 4.39 Å². The third-order valence-corrected chi connectivity index (χ3v) is 8.87. The first-order valence-corrected chi connectivity index (χ1v) is 12.1. The van der Waals surface area contributed by atoms with E-state index in [2.05, 4.69) is 11.0 Å². The van der Waals surface area contributed by atoms with Crippen molar-refractivity contribution in [2.75, 3.05) is 6.61 Å². The maximum absolute atomic E-state index is 15.2. The minimum absolute atomic E-state index is 0.0509. The molecule has 2 saturated heterocycles. The molecule has 3 saturated carbocycles. The van der Waals surface area contributed by atoms with Gasteiger partial charge in [0.2, 0.25) is 0 Å². The van der Waals surface area contributed by atoms with Gasteiger partial charge in [-0.05, 0) is 50.9 Å². The lowest BCUT2D eigenvalue weighted by molar-refractivity contribution is -0.239. The Hall–Kier alpha value is -1.49. The number of allylic oxidation sites excluding steroid dienone is 1. The van der Waals surface area contributed by atoms with Crippen LogP contribution in [0.2, 0.25) is 0 Å². The lowest BCUT2D eigenvalue weighted by Crippen LogP contribution is -2.71. The van der Waals surface area contributed by atoms with E-state index in [-0.39, 0.29) is 42.1 Å². The van der Waals surface area contributed by atoms with Gasteiger partial charge in [-0.15, -0.1) is 0 Å². The first kappa shape index (κ1) is 20.1. The van der Waals surface area contributed by atoms with E-state index < -0.39 is 24.3 Å². The highest BCUT2D eigenvalue weighted by Gasteiger charge is 2.61. The number of nitriles is 1. The smallest absolute Gasteiger partial charge is 0.180 e. The zero-order valence-corrected chi connectivity index (χ0v) is 18.0. The molecule has 3 aliphatic carbocycles. The minimum atomic E-state index is -1.26. The summed E-state index contributed by atoms with van der Waals surface area (Å²) in [6, 6.07) is 1.85. The second-order valence-corrected chi connectivity index (χ2v) is 10.2. The van der Waals surface area contributed by atoms with Crippen LogP contribution in [-0.2, 0) is 19.0 Å². The van der Waals surface area contributed by atoms with Gasteiger partial charge in [0, 0.05) is 18.7 Å². The van der Waals surface area contributed by atoms with Crippen LogP contribution in [0, 0.1) is 29.1 Å². The van der Waals surface area contributed by atoms with Gasteiger partial charge in [0.05, 0.1) is 30.4 Å². The summed E-state index contributed by atoms with van der Waals surface area (Å²) in [6.07, 6.45) is 6.56. The van der Waals surface area contributed by atoms with Crippen molar-refractivity contribution in [1.82, 2.24) is 4.90 Å². The van der Waals surface area contributed by atoms with Crippen LogP contribution < -0.4 is 0 Å². The Morgan fingerprint density at radius 3 is 2.81 bits per heavy atom. The summed E-state index contributed by atoms with van der Waals surface area (Å²) in [5.41, 5.74) is 0.144. The molecular formula is C24H31FN2O4. The second kappa shape index (κ2) is 7.54. The Labute approximate surface area is 182 Å². The van der Waals surface area contributed by atoms with Crippen LogP contribution in [0.25, 0.3) is 0 Å². The van der Waals surface area contributed by atoms with E-state index in [1.165, 1.54) is 19.3 Å². The fourth-order valence-electron chi connectivity index (χ4n) is 7.65. The number of carbonyl (C=O) groups excluding carboxylic acids is 1. The van der Waals surface area contributed by atoms with Gasteiger partial charge in [-0.25, -0.2) is 4.39 Å². The average molecular weight is 431 g/mol. The van der Waals surface area contributed by atoms with Crippen molar-refractivity contribution in [3.63, 3.8) is 0 Å². The van der Waals surface area contributed by atoms with Gasteiger partial charge < -0.3 is 19.1 Å². The van der Waals surface area contributed by atoms with Gasteiger partial charge in [-0.1, -0.05) is 12.8 Å². The van der Waals surface area contributed by atoms with Crippen molar-refractivity contribution >= 4 is 5.78 Å². The van der Waals surface area contributed by atoms with E-state index in [0.29, 0.717) is 24.5 Å². The summed E-state index contributed by atoms with van der Waals surface area (Å²) in [7, 11) is 0.